The van der Waals surface area contributed by atoms with Crippen molar-refractivity contribution in [2.24, 2.45) is 7.05 Å². The Morgan fingerprint density at radius 2 is 2.00 bits per heavy atom. The number of fused-ring (bicyclic) bond motifs is 1. The van der Waals surface area contributed by atoms with Gasteiger partial charge < -0.3 is 9.64 Å². The molecule has 2 aromatic rings. The first-order valence-corrected chi connectivity index (χ1v) is 11.4. The van der Waals surface area contributed by atoms with Crippen molar-refractivity contribution < 1.29 is 14.3 Å². The summed E-state index contributed by atoms with van der Waals surface area (Å²) in [5, 5.41) is 5.80. The van der Waals surface area contributed by atoms with Crippen LogP contribution in [0.15, 0.2) is 11.1 Å². The molecule has 9 heteroatoms. The summed E-state index contributed by atoms with van der Waals surface area (Å²) in [5.41, 5.74) is 2.33. The molecule has 0 radical (unpaired) electrons. The zero-order chi connectivity index (χ0) is 21.6. The summed E-state index contributed by atoms with van der Waals surface area (Å²) in [4.78, 5) is 34.7. The summed E-state index contributed by atoms with van der Waals surface area (Å²) in [5.74, 6) is 0.00583. The van der Waals surface area contributed by atoms with Crippen LogP contribution in [0.25, 0.3) is 11.0 Å². The minimum Gasteiger partial charge on any atom is -0.447 e. The zero-order valence-corrected chi connectivity index (χ0v) is 19.0. The second kappa shape index (κ2) is 8.09. The fourth-order valence-electron chi connectivity index (χ4n) is 4.44. The monoisotopic (exact) mass is 431 g/mol. The molecule has 1 atom stereocenters. The summed E-state index contributed by atoms with van der Waals surface area (Å²) in [7, 11) is 1.88. The smallest absolute Gasteiger partial charge is 0.410 e. The van der Waals surface area contributed by atoms with E-state index < -0.39 is 0 Å². The van der Waals surface area contributed by atoms with Gasteiger partial charge in [0.25, 0.3) is 5.91 Å². The number of rotatable bonds is 4. The number of pyridine rings is 1. The number of aromatic nitrogens is 3. The van der Waals surface area contributed by atoms with E-state index in [1.807, 2.05) is 30.7 Å². The van der Waals surface area contributed by atoms with Crippen molar-refractivity contribution in [3.05, 3.63) is 17.5 Å². The zero-order valence-electron chi connectivity index (χ0n) is 18.2. The summed E-state index contributed by atoms with van der Waals surface area (Å²) in [6, 6.07) is 0.226. The van der Waals surface area contributed by atoms with Gasteiger partial charge in [-0.2, -0.15) is 5.10 Å². The lowest BCUT2D eigenvalue weighted by atomic mass is 10.0. The van der Waals surface area contributed by atoms with Crippen LogP contribution >= 0.6 is 11.8 Å². The number of nitrogens with zero attached hydrogens (tertiary/aromatic N) is 5. The molecule has 0 bridgehead atoms. The topological polar surface area (TPSA) is 80.6 Å². The van der Waals surface area contributed by atoms with E-state index in [1.165, 1.54) is 0 Å². The van der Waals surface area contributed by atoms with Crippen molar-refractivity contribution >= 4 is 34.8 Å². The van der Waals surface area contributed by atoms with Gasteiger partial charge in [-0.25, -0.2) is 9.78 Å². The first kappa shape index (κ1) is 21.0. The third kappa shape index (κ3) is 3.64. The van der Waals surface area contributed by atoms with E-state index in [4.69, 9.17) is 4.74 Å². The van der Waals surface area contributed by atoms with Gasteiger partial charge in [0.1, 0.15) is 6.61 Å². The summed E-state index contributed by atoms with van der Waals surface area (Å²) < 4.78 is 6.94. The van der Waals surface area contributed by atoms with Gasteiger partial charge in [-0.1, -0.05) is 13.8 Å². The largest absolute Gasteiger partial charge is 0.447 e. The van der Waals surface area contributed by atoms with Crippen molar-refractivity contribution in [2.75, 3.05) is 19.7 Å². The average molecular weight is 432 g/mol. The highest BCUT2D eigenvalue weighted by Crippen LogP contribution is 2.36. The van der Waals surface area contributed by atoms with Crippen LogP contribution in [0.3, 0.4) is 0 Å². The lowest BCUT2D eigenvalue weighted by molar-refractivity contribution is 0.0638. The second-order valence-electron chi connectivity index (χ2n) is 8.43. The number of hydrogen-bond donors (Lipinski definition) is 0. The summed E-state index contributed by atoms with van der Waals surface area (Å²) >= 11 is 1.69. The number of cyclic esters (lactones) is 1. The van der Waals surface area contributed by atoms with E-state index in [9.17, 15) is 9.59 Å². The van der Waals surface area contributed by atoms with E-state index in [2.05, 4.69) is 23.9 Å². The average Bonchev–Trinajstić information content (AvgIpc) is 3.19. The molecule has 2 aromatic heterocycles. The number of aryl methyl sites for hydroxylation is 2. The number of amides is 2. The molecular weight excluding hydrogens is 402 g/mol. The number of ether oxygens (including phenoxy) is 1. The van der Waals surface area contributed by atoms with Gasteiger partial charge in [0.15, 0.2) is 5.65 Å². The Morgan fingerprint density at radius 1 is 1.30 bits per heavy atom. The Hall–Kier alpha value is -2.29. The summed E-state index contributed by atoms with van der Waals surface area (Å²) in [6.07, 6.45) is 2.99. The minimum atomic E-state index is -0.232. The lowest BCUT2D eigenvalue weighted by Gasteiger charge is -2.37. The first-order chi connectivity index (χ1) is 14.3. The van der Waals surface area contributed by atoms with Crippen LogP contribution in [0, 0.1) is 6.92 Å². The normalized spacial score (nSPS) is 20.5. The first-order valence-electron chi connectivity index (χ1n) is 10.5. The fraction of sp³-hybridized carbons (Fsp3) is 0.619. The van der Waals surface area contributed by atoms with E-state index >= 15 is 0 Å². The van der Waals surface area contributed by atoms with E-state index in [-0.39, 0.29) is 24.1 Å². The maximum atomic E-state index is 13.5. The molecular formula is C21H29N5O3S. The van der Waals surface area contributed by atoms with E-state index in [1.54, 1.807) is 22.6 Å². The SMILES string of the molecule is Cc1nn(C)c2ncc(C(=O)N3CCC(N4C(=O)OCC4C)CC3)c(SC(C)C)c12. The molecule has 2 saturated heterocycles. The van der Waals surface area contributed by atoms with Gasteiger partial charge in [-0.15, -0.1) is 11.8 Å². The Kier molecular flexibility index (Phi) is 5.65. The molecule has 2 aliphatic heterocycles. The number of carbonyl (C=O) groups excluding carboxylic acids is 2. The molecule has 4 heterocycles. The standard InChI is InChI=1S/C21H29N5O3S/c1-12(2)30-18-16(10-22-19-17(18)14(4)23-24(19)5)20(27)25-8-6-15(7-9-25)26-13(3)11-29-21(26)28/h10,12-13,15H,6-9,11H2,1-5H3. The summed E-state index contributed by atoms with van der Waals surface area (Å²) in [6.45, 7) is 9.91. The van der Waals surface area contributed by atoms with Gasteiger partial charge in [0.2, 0.25) is 0 Å². The fourth-order valence-corrected chi connectivity index (χ4v) is 5.54. The molecule has 2 aliphatic rings. The van der Waals surface area contributed by atoms with Crippen LogP contribution < -0.4 is 0 Å². The number of carbonyl (C=O) groups is 2. The van der Waals surface area contributed by atoms with E-state index in [0.717, 1.165) is 34.5 Å². The molecule has 2 fully saturated rings. The highest BCUT2D eigenvalue weighted by molar-refractivity contribution is 8.00. The minimum absolute atomic E-state index is 0.00583. The van der Waals surface area contributed by atoms with Gasteiger partial charge >= 0.3 is 6.09 Å². The Bertz CT molecular complexity index is 981. The van der Waals surface area contributed by atoms with Crippen LogP contribution in [0.1, 0.15) is 49.7 Å². The van der Waals surface area contributed by atoms with Crippen molar-refractivity contribution in [2.45, 2.75) is 62.8 Å². The van der Waals surface area contributed by atoms with Crippen molar-refractivity contribution in [1.82, 2.24) is 24.6 Å². The molecule has 0 aliphatic carbocycles. The predicted octanol–water partition coefficient (Wildman–Crippen LogP) is 3.22. The quantitative estimate of drug-likeness (QED) is 0.692. The van der Waals surface area contributed by atoms with Crippen LogP contribution in [0.5, 0.6) is 0 Å². The van der Waals surface area contributed by atoms with Gasteiger partial charge in [0.05, 0.1) is 22.7 Å². The molecule has 0 spiro atoms. The van der Waals surface area contributed by atoms with Crippen molar-refractivity contribution in [3.63, 3.8) is 0 Å². The molecule has 0 aromatic carbocycles. The molecule has 2 amide bonds. The highest BCUT2D eigenvalue weighted by atomic mass is 32.2. The van der Waals surface area contributed by atoms with Crippen LogP contribution in [0.2, 0.25) is 0 Å². The van der Waals surface area contributed by atoms with E-state index in [0.29, 0.717) is 30.5 Å². The Labute approximate surface area is 180 Å². The molecule has 0 saturated carbocycles. The van der Waals surface area contributed by atoms with Gasteiger partial charge in [-0.3, -0.25) is 14.4 Å². The van der Waals surface area contributed by atoms with Crippen molar-refractivity contribution in [1.29, 1.82) is 0 Å². The number of likely N-dealkylation sites (tertiary alicyclic amines) is 1. The molecule has 162 valence electrons. The molecule has 30 heavy (non-hydrogen) atoms. The molecule has 8 nitrogen and oxygen atoms in total. The number of thioether (sulfide) groups is 1. The lowest BCUT2D eigenvalue weighted by Crippen LogP contribution is -2.49. The maximum Gasteiger partial charge on any atom is 0.410 e. The second-order valence-corrected chi connectivity index (χ2v) is 10.0. The van der Waals surface area contributed by atoms with Crippen LogP contribution in [-0.2, 0) is 11.8 Å². The van der Waals surface area contributed by atoms with Crippen molar-refractivity contribution in [3.8, 4) is 0 Å². The van der Waals surface area contributed by atoms with Gasteiger partial charge in [-0.05, 0) is 26.7 Å². The third-order valence-corrected chi connectivity index (χ3v) is 6.97. The third-order valence-electron chi connectivity index (χ3n) is 5.84. The molecule has 4 rings (SSSR count). The molecule has 1 unspecified atom stereocenters. The van der Waals surface area contributed by atoms with Crippen LogP contribution in [-0.4, -0.2) is 73.6 Å². The number of piperidine rings is 1. The Balaban J connectivity index is 1.58. The van der Waals surface area contributed by atoms with Gasteiger partial charge in [0, 0.05) is 42.5 Å². The number of hydrogen-bond acceptors (Lipinski definition) is 6. The Morgan fingerprint density at radius 3 is 2.60 bits per heavy atom. The maximum absolute atomic E-state index is 13.5. The highest BCUT2D eigenvalue weighted by Gasteiger charge is 2.38. The predicted molar refractivity (Wildman–Crippen MR) is 116 cm³/mol. The molecule has 0 N–H and O–H groups in total. The van der Waals surface area contributed by atoms with Crippen LogP contribution in [0.4, 0.5) is 4.79 Å².